The van der Waals surface area contributed by atoms with Crippen LogP contribution >= 0.6 is 11.6 Å². The minimum Gasteiger partial charge on any atom is -0.381 e. The quantitative estimate of drug-likeness (QED) is 0.156. The molecule has 0 spiro atoms. The number of fused-ring (bicyclic) bond motifs is 1. The van der Waals surface area contributed by atoms with Crippen LogP contribution in [0.15, 0.2) is 66.9 Å². The van der Waals surface area contributed by atoms with Gasteiger partial charge in [-0.2, -0.15) is 0 Å². The number of nitrogens with one attached hydrogen (secondary N) is 2. The number of nitrogens with zero attached hydrogens (tertiary/aromatic N) is 4. The molecule has 5 heterocycles. The van der Waals surface area contributed by atoms with E-state index in [9.17, 15) is 9.59 Å². The molecule has 0 saturated carbocycles. The fourth-order valence-corrected chi connectivity index (χ4v) is 9.14. The first-order valence-electron chi connectivity index (χ1n) is 19.8. The number of halogens is 1. The van der Waals surface area contributed by atoms with Crippen LogP contribution < -0.4 is 0 Å². The average molecular weight is 747 g/mol. The van der Waals surface area contributed by atoms with Crippen molar-refractivity contribution in [1.29, 1.82) is 0 Å². The number of imidazole rings is 2. The van der Waals surface area contributed by atoms with Crippen LogP contribution in [0.2, 0.25) is 5.15 Å². The highest BCUT2D eigenvalue weighted by molar-refractivity contribution is 6.32. The van der Waals surface area contributed by atoms with Gasteiger partial charge < -0.3 is 24.5 Å². The molecular formula is C44H51ClN6O3. The van der Waals surface area contributed by atoms with Gasteiger partial charge in [-0.3, -0.25) is 9.59 Å². The number of rotatable bonds is 9. The number of likely N-dealkylation sites (tertiary alicyclic amines) is 2. The minimum atomic E-state index is -0.102. The molecule has 5 aromatic rings. The van der Waals surface area contributed by atoms with Crippen molar-refractivity contribution < 1.29 is 14.3 Å². The molecule has 10 heteroatoms. The van der Waals surface area contributed by atoms with Crippen LogP contribution in [-0.4, -0.2) is 66.8 Å². The SMILES string of the molecule is CC(C)CC(=O)N1C(C)CC[C@H]1c1ncc(-c2ccc(-c3ccc4cc(-c5nc([C@@H]6CCC(C)N6C(=O)CC6CCOCC6)[nH]c5Cl)ccc4c3)cc2)[nH]1. The Kier molecular flexibility index (Phi) is 10.4. The molecule has 9 nitrogen and oxygen atoms in total. The number of hydrogen-bond donors (Lipinski definition) is 2. The molecule has 282 valence electrons. The summed E-state index contributed by atoms with van der Waals surface area (Å²) in [5.74, 6) is 2.75. The maximum atomic E-state index is 13.5. The van der Waals surface area contributed by atoms with Crippen LogP contribution in [0.3, 0.4) is 0 Å². The molecule has 0 bridgehead atoms. The van der Waals surface area contributed by atoms with Crippen molar-refractivity contribution in [2.24, 2.45) is 11.8 Å². The molecule has 2 unspecified atom stereocenters. The summed E-state index contributed by atoms with van der Waals surface area (Å²) in [5.41, 5.74) is 5.92. The van der Waals surface area contributed by atoms with E-state index in [4.69, 9.17) is 26.3 Å². The second kappa shape index (κ2) is 15.3. The molecule has 3 aliphatic rings. The Morgan fingerprint density at radius 3 is 2.04 bits per heavy atom. The van der Waals surface area contributed by atoms with Gasteiger partial charge in [0.15, 0.2) is 0 Å². The summed E-state index contributed by atoms with van der Waals surface area (Å²) in [6.07, 6.45) is 8.64. The third-order valence-corrected chi connectivity index (χ3v) is 12.1. The molecule has 3 fully saturated rings. The van der Waals surface area contributed by atoms with Gasteiger partial charge in [0.1, 0.15) is 22.5 Å². The molecule has 3 saturated heterocycles. The monoisotopic (exact) mass is 746 g/mol. The summed E-state index contributed by atoms with van der Waals surface area (Å²) in [5, 5.41) is 2.72. The lowest BCUT2D eigenvalue weighted by Crippen LogP contribution is -2.37. The van der Waals surface area contributed by atoms with Crippen molar-refractivity contribution in [3.63, 3.8) is 0 Å². The van der Waals surface area contributed by atoms with Crippen LogP contribution in [0.5, 0.6) is 0 Å². The third-order valence-electron chi connectivity index (χ3n) is 11.8. The Bertz CT molecular complexity index is 2130. The minimum absolute atomic E-state index is 0.00660. The molecule has 3 aliphatic heterocycles. The summed E-state index contributed by atoms with van der Waals surface area (Å²) in [6.45, 7) is 9.95. The lowest BCUT2D eigenvalue weighted by Gasteiger charge is -2.30. The van der Waals surface area contributed by atoms with Crippen LogP contribution in [0.25, 0.3) is 44.4 Å². The zero-order valence-corrected chi connectivity index (χ0v) is 32.5. The number of aromatic amines is 2. The molecule has 2 N–H and O–H groups in total. The number of H-pyrrole nitrogens is 2. The van der Waals surface area contributed by atoms with Crippen LogP contribution in [-0.2, 0) is 14.3 Å². The van der Waals surface area contributed by atoms with Gasteiger partial charge >= 0.3 is 0 Å². The highest BCUT2D eigenvalue weighted by Crippen LogP contribution is 2.40. The van der Waals surface area contributed by atoms with Gasteiger partial charge in [-0.15, -0.1) is 0 Å². The van der Waals surface area contributed by atoms with Gasteiger partial charge in [0, 0.05) is 43.7 Å². The molecule has 3 aromatic carbocycles. The van der Waals surface area contributed by atoms with E-state index < -0.39 is 0 Å². The zero-order chi connectivity index (χ0) is 37.5. The number of carbonyl (C=O) groups is 2. The third kappa shape index (κ3) is 7.32. The number of aromatic nitrogens is 4. The van der Waals surface area contributed by atoms with Crippen LogP contribution in [0, 0.1) is 11.8 Å². The van der Waals surface area contributed by atoms with E-state index in [-0.39, 0.29) is 36.0 Å². The highest BCUT2D eigenvalue weighted by Gasteiger charge is 2.39. The van der Waals surface area contributed by atoms with E-state index in [1.807, 2.05) is 16.0 Å². The van der Waals surface area contributed by atoms with Gasteiger partial charge in [-0.25, -0.2) is 9.97 Å². The second-order valence-electron chi connectivity index (χ2n) is 16.2. The Hall–Kier alpha value is -4.47. The largest absolute Gasteiger partial charge is 0.381 e. The van der Waals surface area contributed by atoms with Gasteiger partial charge in [0.05, 0.1) is 24.0 Å². The number of hydrogen-bond acceptors (Lipinski definition) is 5. The summed E-state index contributed by atoms with van der Waals surface area (Å²) in [6, 6.07) is 21.7. The molecule has 0 radical (unpaired) electrons. The first-order valence-corrected chi connectivity index (χ1v) is 20.2. The number of ether oxygens (including phenoxy) is 1. The first kappa shape index (κ1) is 36.5. The van der Waals surface area contributed by atoms with Gasteiger partial charge in [-0.05, 0) is 104 Å². The Morgan fingerprint density at radius 2 is 1.35 bits per heavy atom. The number of amides is 2. The van der Waals surface area contributed by atoms with Crippen molar-refractivity contribution in [1.82, 2.24) is 29.7 Å². The molecule has 2 aromatic heterocycles. The topological polar surface area (TPSA) is 107 Å². The second-order valence-corrected chi connectivity index (χ2v) is 16.5. The van der Waals surface area contributed by atoms with Crippen LogP contribution in [0.1, 0.15) is 103 Å². The van der Waals surface area contributed by atoms with Gasteiger partial charge in [0.25, 0.3) is 0 Å². The van der Waals surface area contributed by atoms with E-state index in [1.165, 1.54) is 0 Å². The predicted molar refractivity (Wildman–Crippen MR) is 214 cm³/mol. The zero-order valence-electron chi connectivity index (χ0n) is 31.8. The van der Waals surface area contributed by atoms with Crippen molar-refractivity contribution in [2.45, 2.75) is 103 Å². The molecule has 2 amide bonds. The predicted octanol–water partition coefficient (Wildman–Crippen LogP) is 9.91. The van der Waals surface area contributed by atoms with Crippen LogP contribution in [0.4, 0.5) is 0 Å². The van der Waals surface area contributed by atoms with Crippen molar-refractivity contribution >= 4 is 34.2 Å². The molecule has 4 atom stereocenters. The van der Waals surface area contributed by atoms with Gasteiger partial charge in [-0.1, -0.05) is 74.0 Å². The maximum Gasteiger partial charge on any atom is 0.223 e. The van der Waals surface area contributed by atoms with E-state index in [2.05, 4.69) is 98.3 Å². The van der Waals surface area contributed by atoms with E-state index in [1.54, 1.807) is 0 Å². The lowest BCUT2D eigenvalue weighted by atomic mass is 9.95. The Morgan fingerprint density at radius 1 is 0.759 bits per heavy atom. The summed E-state index contributed by atoms with van der Waals surface area (Å²) < 4.78 is 5.51. The van der Waals surface area contributed by atoms with Crippen molar-refractivity contribution in [2.75, 3.05) is 13.2 Å². The number of carbonyl (C=O) groups excluding carboxylic acids is 2. The smallest absolute Gasteiger partial charge is 0.223 e. The fourth-order valence-electron chi connectivity index (χ4n) is 8.89. The fraction of sp³-hybridized carbons (Fsp3) is 0.455. The Balaban J connectivity index is 0.964. The lowest BCUT2D eigenvalue weighted by molar-refractivity contribution is -0.136. The highest BCUT2D eigenvalue weighted by atomic mass is 35.5. The van der Waals surface area contributed by atoms with E-state index in [0.717, 1.165) is 102 Å². The molecular weight excluding hydrogens is 696 g/mol. The first-order chi connectivity index (χ1) is 26.1. The summed E-state index contributed by atoms with van der Waals surface area (Å²) >= 11 is 6.81. The summed E-state index contributed by atoms with van der Waals surface area (Å²) in [4.78, 5) is 47.3. The molecule has 8 rings (SSSR count). The molecule has 0 aliphatic carbocycles. The number of benzene rings is 3. The van der Waals surface area contributed by atoms with E-state index in [0.29, 0.717) is 35.5 Å². The summed E-state index contributed by atoms with van der Waals surface area (Å²) in [7, 11) is 0. The van der Waals surface area contributed by atoms with Crippen molar-refractivity contribution in [3.8, 4) is 33.6 Å². The molecule has 54 heavy (non-hydrogen) atoms. The normalized spacial score (nSPS) is 22.2. The Labute approximate surface area is 322 Å². The van der Waals surface area contributed by atoms with Crippen molar-refractivity contribution in [3.05, 3.63) is 83.7 Å². The van der Waals surface area contributed by atoms with E-state index >= 15 is 0 Å². The maximum absolute atomic E-state index is 13.5. The van der Waals surface area contributed by atoms with Gasteiger partial charge in [0.2, 0.25) is 11.8 Å². The average Bonchev–Trinajstić information content (AvgIpc) is 3.97. The standard InChI is InChI=1S/C44H51ClN6O3/c1-26(2)21-39(52)50-27(3)5-15-37(50)43-46-25-36(47-43)31-9-7-30(8-10-31)32-11-12-34-24-35(14-13-33(34)23-32)41-42(45)49-44(48-41)38-16-6-28(4)51(38)40(53)22-29-17-19-54-20-18-29/h7-14,23-29,37-38H,5-6,15-22H2,1-4H3,(H,46,47)(H,48,49)/t27?,28?,37-,38-/m0/s1.